The van der Waals surface area contributed by atoms with Gasteiger partial charge in [0.25, 0.3) is 5.69 Å². The lowest BCUT2D eigenvalue weighted by Gasteiger charge is -2.24. The van der Waals surface area contributed by atoms with Gasteiger partial charge in [-0.3, -0.25) is 19.8 Å². The van der Waals surface area contributed by atoms with Crippen molar-refractivity contribution < 1.29 is 9.72 Å². The zero-order valence-electron chi connectivity index (χ0n) is 13.9. The molecular formula is C17H20N4O3. The maximum atomic E-state index is 12.2. The molecule has 0 fully saturated rings. The van der Waals surface area contributed by atoms with Gasteiger partial charge >= 0.3 is 0 Å². The first-order valence-corrected chi connectivity index (χ1v) is 7.55. The van der Waals surface area contributed by atoms with Crippen LogP contribution in [0, 0.1) is 17.0 Å². The van der Waals surface area contributed by atoms with Crippen molar-refractivity contribution in [2.45, 2.75) is 19.9 Å². The molecule has 1 atom stereocenters. The van der Waals surface area contributed by atoms with Crippen LogP contribution in [0.1, 0.15) is 24.2 Å². The van der Waals surface area contributed by atoms with Crippen molar-refractivity contribution in [2.75, 3.05) is 18.9 Å². The normalized spacial score (nSPS) is 12.0. The van der Waals surface area contributed by atoms with Crippen LogP contribution >= 0.6 is 0 Å². The van der Waals surface area contributed by atoms with Gasteiger partial charge < -0.3 is 5.32 Å². The summed E-state index contributed by atoms with van der Waals surface area (Å²) in [5, 5.41) is 13.9. The van der Waals surface area contributed by atoms with E-state index < -0.39 is 4.92 Å². The number of pyridine rings is 1. The number of benzene rings is 1. The van der Waals surface area contributed by atoms with Gasteiger partial charge in [0.05, 0.1) is 11.5 Å². The molecule has 7 heteroatoms. The van der Waals surface area contributed by atoms with E-state index in [4.69, 9.17) is 0 Å². The monoisotopic (exact) mass is 328 g/mol. The van der Waals surface area contributed by atoms with Gasteiger partial charge in [-0.1, -0.05) is 24.3 Å². The number of nitrogens with zero attached hydrogens (tertiary/aromatic N) is 3. The first kappa shape index (κ1) is 17.6. The Kier molecular flexibility index (Phi) is 5.59. The lowest BCUT2D eigenvalue weighted by Crippen LogP contribution is -2.32. The number of rotatable bonds is 6. The molecule has 0 saturated carbocycles. The van der Waals surface area contributed by atoms with Crippen LogP contribution in [0.4, 0.5) is 11.5 Å². The largest absolute Gasteiger partial charge is 0.310 e. The first-order chi connectivity index (χ1) is 11.4. The van der Waals surface area contributed by atoms with Crippen LogP contribution in [0.15, 0.2) is 42.5 Å². The van der Waals surface area contributed by atoms with Crippen LogP contribution in [0.25, 0.3) is 0 Å². The highest BCUT2D eigenvalue weighted by Gasteiger charge is 2.22. The molecule has 7 nitrogen and oxygen atoms in total. The van der Waals surface area contributed by atoms with E-state index in [0.29, 0.717) is 11.4 Å². The maximum Gasteiger partial charge on any atom is 0.274 e. The highest BCUT2D eigenvalue weighted by atomic mass is 16.6. The number of amides is 1. The second-order valence-corrected chi connectivity index (χ2v) is 5.62. The molecule has 1 N–H and O–H groups in total. The summed E-state index contributed by atoms with van der Waals surface area (Å²) in [5.41, 5.74) is 1.44. The molecule has 1 heterocycles. The van der Waals surface area contributed by atoms with E-state index in [1.54, 1.807) is 36.2 Å². The molecule has 1 amide bonds. The van der Waals surface area contributed by atoms with Crippen LogP contribution in [-0.4, -0.2) is 34.3 Å². The average Bonchev–Trinajstić information content (AvgIpc) is 2.53. The number of aromatic nitrogens is 1. The Balaban J connectivity index is 2.05. The minimum atomic E-state index is -0.406. The third-order valence-electron chi connectivity index (χ3n) is 3.79. The highest BCUT2D eigenvalue weighted by Crippen LogP contribution is 2.27. The summed E-state index contributed by atoms with van der Waals surface area (Å²) in [6, 6.07) is 11.7. The zero-order valence-corrected chi connectivity index (χ0v) is 13.9. The number of nitro groups is 1. The van der Waals surface area contributed by atoms with Crippen LogP contribution in [0.3, 0.4) is 0 Å². The van der Waals surface area contributed by atoms with E-state index in [1.807, 2.05) is 26.0 Å². The molecule has 0 radical (unpaired) electrons. The summed E-state index contributed by atoms with van der Waals surface area (Å²) >= 11 is 0. The number of para-hydroxylation sites is 1. The number of carbonyl (C=O) groups excluding carboxylic acids is 1. The third-order valence-corrected chi connectivity index (χ3v) is 3.79. The number of likely N-dealkylation sites (N-methyl/N-ethyl adjacent to an activating group) is 1. The molecule has 1 aromatic heterocycles. The highest BCUT2D eigenvalue weighted by molar-refractivity contribution is 5.91. The van der Waals surface area contributed by atoms with Gasteiger partial charge in [0.2, 0.25) is 5.91 Å². The van der Waals surface area contributed by atoms with Crippen molar-refractivity contribution in [3.8, 4) is 0 Å². The lowest BCUT2D eigenvalue weighted by atomic mass is 10.1. The Morgan fingerprint density at radius 1 is 1.29 bits per heavy atom. The summed E-state index contributed by atoms with van der Waals surface area (Å²) in [6.45, 7) is 3.78. The van der Waals surface area contributed by atoms with Crippen LogP contribution in [0.2, 0.25) is 0 Å². The molecule has 0 aliphatic carbocycles. The number of hydrogen-bond acceptors (Lipinski definition) is 5. The summed E-state index contributed by atoms with van der Waals surface area (Å²) < 4.78 is 0. The smallest absolute Gasteiger partial charge is 0.274 e. The fourth-order valence-corrected chi connectivity index (χ4v) is 2.40. The van der Waals surface area contributed by atoms with E-state index >= 15 is 0 Å². The minimum Gasteiger partial charge on any atom is -0.310 e. The van der Waals surface area contributed by atoms with E-state index in [1.165, 1.54) is 6.07 Å². The number of carbonyl (C=O) groups is 1. The van der Waals surface area contributed by atoms with Gasteiger partial charge in [-0.15, -0.1) is 0 Å². The molecule has 2 aromatic rings. The Bertz CT molecular complexity index is 748. The van der Waals surface area contributed by atoms with Gasteiger partial charge in [0.15, 0.2) is 0 Å². The van der Waals surface area contributed by atoms with Gasteiger partial charge in [-0.25, -0.2) is 4.98 Å². The van der Waals surface area contributed by atoms with E-state index in [0.717, 1.165) is 5.69 Å². The van der Waals surface area contributed by atoms with Crippen LogP contribution < -0.4 is 5.32 Å². The zero-order chi connectivity index (χ0) is 17.7. The second kappa shape index (κ2) is 7.65. The molecule has 1 aromatic carbocycles. The third kappa shape index (κ3) is 4.36. The summed E-state index contributed by atoms with van der Waals surface area (Å²) in [4.78, 5) is 28.9. The number of nitrogens with one attached hydrogen (secondary N) is 1. The van der Waals surface area contributed by atoms with Crippen molar-refractivity contribution in [3.05, 3.63) is 63.8 Å². The predicted molar refractivity (Wildman–Crippen MR) is 91.7 cm³/mol. The minimum absolute atomic E-state index is 0.0533. The van der Waals surface area contributed by atoms with Gasteiger partial charge in [0, 0.05) is 23.4 Å². The van der Waals surface area contributed by atoms with Crippen molar-refractivity contribution in [3.63, 3.8) is 0 Å². The molecule has 24 heavy (non-hydrogen) atoms. The van der Waals surface area contributed by atoms with E-state index in [2.05, 4.69) is 10.3 Å². The number of nitro benzene ring substituents is 1. The molecule has 0 saturated heterocycles. The topological polar surface area (TPSA) is 88.4 Å². The standard InChI is InChI=1S/C17H20N4O3/c1-12-7-6-10-16(18-12)19-17(22)11-20(3)13(2)14-8-4-5-9-15(14)21(23)24/h4-10,13H,11H2,1-3H3,(H,18,19,22)/t13-/m0/s1. The van der Waals surface area contributed by atoms with Crippen molar-refractivity contribution in [1.29, 1.82) is 0 Å². The van der Waals surface area contributed by atoms with Crippen LogP contribution in [-0.2, 0) is 4.79 Å². The molecular weight excluding hydrogens is 308 g/mol. The summed E-state index contributed by atoms with van der Waals surface area (Å²) in [7, 11) is 1.75. The molecule has 0 aliphatic rings. The van der Waals surface area contributed by atoms with Crippen molar-refractivity contribution in [2.24, 2.45) is 0 Å². The lowest BCUT2D eigenvalue weighted by molar-refractivity contribution is -0.385. The number of anilines is 1. The Labute approximate surface area is 140 Å². The molecule has 0 unspecified atom stereocenters. The fourth-order valence-electron chi connectivity index (χ4n) is 2.40. The van der Waals surface area contributed by atoms with Gasteiger partial charge in [-0.2, -0.15) is 0 Å². The average molecular weight is 328 g/mol. The summed E-state index contributed by atoms with van der Waals surface area (Å²) in [5.74, 6) is 0.271. The van der Waals surface area contributed by atoms with Gasteiger partial charge in [-0.05, 0) is 33.0 Å². The fraction of sp³-hybridized carbons (Fsp3) is 0.294. The predicted octanol–water partition coefficient (Wildman–Crippen LogP) is 2.93. The Hall–Kier alpha value is -2.80. The quantitative estimate of drug-likeness (QED) is 0.650. The molecule has 126 valence electrons. The first-order valence-electron chi connectivity index (χ1n) is 7.55. The Morgan fingerprint density at radius 2 is 2.00 bits per heavy atom. The molecule has 0 bridgehead atoms. The van der Waals surface area contributed by atoms with Crippen molar-refractivity contribution >= 4 is 17.4 Å². The number of hydrogen-bond donors (Lipinski definition) is 1. The summed E-state index contributed by atoms with van der Waals surface area (Å²) in [6.07, 6.45) is 0. The number of aryl methyl sites for hydroxylation is 1. The molecule has 0 aliphatic heterocycles. The maximum absolute atomic E-state index is 12.2. The SMILES string of the molecule is Cc1cccc(NC(=O)CN(C)[C@@H](C)c2ccccc2[N+](=O)[O-])n1. The molecule has 0 spiro atoms. The van der Waals surface area contributed by atoms with E-state index in [-0.39, 0.29) is 24.2 Å². The van der Waals surface area contributed by atoms with Crippen LogP contribution in [0.5, 0.6) is 0 Å². The van der Waals surface area contributed by atoms with E-state index in [9.17, 15) is 14.9 Å². The van der Waals surface area contributed by atoms with Crippen molar-refractivity contribution in [1.82, 2.24) is 9.88 Å². The molecule has 2 rings (SSSR count). The van der Waals surface area contributed by atoms with Gasteiger partial charge in [0.1, 0.15) is 5.82 Å². The Morgan fingerprint density at radius 3 is 2.67 bits per heavy atom. The second-order valence-electron chi connectivity index (χ2n) is 5.62.